The molecular formula is C15H14ClF2N. The van der Waals surface area contributed by atoms with Crippen molar-refractivity contribution in [3.63, 3.8) is 0 Å². The third kappa shape index (κ3) is 4.30. The summed E-state index contributed by atoms with van der Waals surface area (Å²) in [5, 5.41) is 3.37. The highest BCUT2D eigenvalue weighted by molar-refractivity contribution is 6.30. The predicted molar refractivity (Wildman–Crippen MR) is 73.2 cm³/mol. The fourth-order valence-corrected chi connectivity index (χ4v) is 1.97. The minimum absolute atomic E-state index is 0.137. The van der Waals surface area contributed by atoms with Crippen LogP contribution in [0, 0.1) is 11.6 Å². The number of hydrogen-bond donors (Lipinski definition) is 1. The second-order valence-electron chi connectivity index (χ2n) is 4.30. The second-order valence-corrected chi connectivity index (χ2v) is 4.71. The molecule has 0 spiro atoms. The van der Waals surface area contributed by atoms with E-state index in [-0.39, 0.29) is 10.8 Å². The van der Waals surface area contributed by atoms with Crippen LogP contribution in [0.3, 0.4) is 0 Å². The molecule has 0 aliphatic heterocycles. The van der Waals surface area contributed by atoms with E-state index in [4.69, 9.17) is 11.6 Å². The number of nitrogens with one attached hydrogen (secondary N) is 1. The first-order valence-electron chi connectivity index (χ1n) is 6.04. The Morgan fingerprint density at radius 2 is 1.63 bits per heavy atom. The number of hydrogen-bond acceptors (Lipinski definition) is 1. The van der Waals surface area contributed by atoms with Crippen molar-refractivity contribution in [3.8, 4) is 0 Å². The van der Waals surface area contributed by atoms with Crippen LogP contribution in [-0.2, 0) is 13.0 Å². The van der Waals surface area contributed by atoms with Gasteiger partial charge in [0.15, 0.2) is 0 Å². The summed E-state index contributed by atoms with van der Waals surface area (Å²) >= 11 is 5.70. The van der Waals surface area contributed by atoms with Gasteiger partial charge < -0.3 is 5.32 Å². The van der Waals surface area contributed by atoms with Gasteiger partial charge >= 0.3 is 0 Å². The summed E-state index contributed by atoms with van der Waals surface area (Å²) < 4.78 is 25.7. The smallest absolute Gasteiger partial charge is 0.141 e. The fraction of sp³-hybridized carbons (Fsp3) is 0.200. The van der Waals surface area contributed by atoms with Crippen LogP contribution in [0.5, 0.6) is 0 Å². The van der Waals surface area contributed by atoms with E-state index in [1.165, 1.54) is 18.2 Å². The van der Waals surface area contributed by atoms with E-state index in [9.17, 15) is 8.78 Å². The SMILES string of the molecule is Fc1ccc(CCNCc2ccc(F)c(Cl)c2)cc1. The molecule has 0 atom stereocenters. The van der Waals surface area contributed by atoms with Crippen molar-refractivity contribution in [2.45, 2.75) is 13.0 Å². The standard InChI is InChI=1S/C15H14ClF2N/c16-14-9-12(3-6-15(14)18)10-19-8-7-11-1-4-13(17)5-2-11/h1-6,9,19H,7-8,10H2. The zero-order valence-electron chi connectivity index (χ0n) is 10.3. The number of halogens is 3. The summed E-state index contributed by atoms with van der Waals surface area (Å²) in [6.07, 6.45) is 0.815. The molecule has 2 aromatic rings. The van der Waals surface area contributed by atoms with Gasteiger partial charge in [-0.3, -0.25) is 0 Å². The summed E-state index contributed by atoms with van der Waals surface area (Å²) in [6, 6.07) is 11.1. The normalized spacial score (nSPS) is 10.7. The van der Waals surface area contributed by atoms with E-state index in [2.05, 4.69) is 5.32 Å². The molecule has 0 aliphatic rings. The van der Waals surface area contributed by atoms with E-state index < -0.39 is 5.82 Å². The van der Waals surface area contributed by atoms with Crippen LogP contribution in [0.4, 0.5) is 8.78 Å². The van der Waals surface area contributed by atoms with Gasteiger partial charge in [0.05, 0.1) is 5.02 Å². The van der Waals surface area contributed by atoms with Gasteiger partial charge in [0.2, 0.25) is 0 Å². The van der Waals surface area contributed by atoms with Crippen LogP contribution in [-0.4, -0.2) is 6.54 Å². The maximum absolute atomic E-state index is 13.0. The average molecular weight is 282 g/mol. The Hall–Kier alpha value is -1.45. The third-order valence-electron chi connectivity index (χ3n) is 2.82. The van der Waals surface area contributed by atoms with Crippen molar-refractivity contribution < 1.29 is 8.78 Å². The molecular weight excluding hydrogens is 268 g/mol. The Labute approximate surface area is 116 Å². The highest BCUT2D eigenvalue weighted by Gasteiger charge is 2.00. The Balaban J connectivity index is 1.77. The maximum atomic E-state index is 13.0. The number of rotatable bonds is 5. The topological polar surface area (TPSA) is 12.0 Å². The first kappa shape index (κ1) is 14.0. The Kier molecular flexibility index (Phi) is 4.88. The minimum atomic E-state index is -0.406. The molecule has 0 amide bonds. The molecule has 100 valence electrons. The van der Waals surface area contributed by atoms with Gasteiger partial charge in [0.1, 0.15) is 11.6 Å². The molecule has 0 radical (unpaired) electrons. The van der Waals surface area contributed by atoms with Crippen molar-refractivity contribution in [3.05, 3.63) is 70.2 Å². The van der Waals surface area contributed by atoms with Crippen molar-refractivity contribution in [1.29, 1.82) is 0 Å². The summed E-state index contributed by atoms with van der Waals surface area (Å²) in [6.45, 7) is 1.39. The lowest BCUT2D eigenvalue weighted by Gasteiger charge is -2.06. The first-order chi connectivity index (χ1) is 9.15. The monoisotopic (exact) mass is 281 g/mol. The molecule has 0 fully saturated rings. The molecule has 0 aromatic heterocycles. The summed E-state index contributed by atoms with van der Waals surface area (Å²) in [5.74, 6) is -0.630. The van der Waals surface area contributed by atoms with Gasteiger partial charge in [-0.2, -0.15) is 0 Å². The van der Waals surface area contributed by atoms with Gasteiger partial charge in [-0.15, -0.1) is 0 Å². The van der Waals surface area contributed by atoms with Crippen molar-refractivity contribution >= 4 is 11.6 Å². The Bertz CT molecular complexity index is 540. The molecule has 2 aromatic carbocycles. The van der Waals surface area contributed by atoms with E-state index in [1.807, 2.05) is 0 Å². The van der Waals surface area contributed by atoms with Gasteiger partial charge in [0.25, 0.3) is 0 Å². The van der Waals surface area contributed by atoms with Crippen molar-refractivity contribution in [2.75, 3.05) is 6.54 Å². The number of benzene rings is 2. The molecule has 1 nitrogen and oxygen atoms in total. The largest absolute Gasteiger partial charge is 0.312 e. The summed E-state index contributed by atoms with van der Waals surface area (Å²) in [7, 11) is 0. The zero-order chi connectivity index (χ0) is 13.7. The van der Waals surface area contributed by atoms with E-state index in [0.717, 1.165) is 24.1 Å². The maximum Gasteiger partial charge on any atom is 0.141 e. The quantitative estimate of drug-likeness (QED) is 0.818. The van der Waals surface area contributed by atoms with Gasteiger partial charge in [0, 0.05) is 6.54 Å². The molecule has 0 heterocycles. The van der Waals surface area contributed by atoms with Crippen molar-refractivity contribution in [1.82, 2.24) is 5.32 Å². The molecule has 0 unspecified atom stereocenters. The van der Waals surface area contributed by atoms with Crippen LogP contribution >= 0.6 is 11.6 Å². The van der Waals surface area contributed by atoms with Gasteiger partial charge in [-0.1, -0.05) is 29.8 Å². The molecule has 1 N–H and O–H groups in total. The third-order valence-corrected chi connectivity index (χ3v) is 3.11. The van der Waals surface area contributed by atoms with Crippen LogP contribution in [0.2, 0.25) is 5.02 Å². The Morgan fingerprint density at radius 3 is 2.32 bits per heavy atom. The predicted octanol–water partition coefficient (Wildman–Crippen LogP) is 3.95. The van der Waals surface area contributed by atoms with Crippen LogP contribution in [0.1, 0.15) is 11.1 Å². The van der Waals surface area contributed by atoms with Crippen LogP contribution in [0.15, 0.2) is 42.5 Å². The molecule has 2 rings (SSSR count). The van der Waals surface area contributed by atoms with Crippen molar-refractivity contribution in [2.24, 2.45) is 0 Å². The second kappa shape index (κ2) is 6.64. The zero-order valence-corrected chi connectivity index (χ0v) is 11.1. The summed E-state index contributed by atoms with van der Waals surface area (Å²) in [4.78, 5) is 0. The molecule has 4 heteroatoms. The van der Waals surface area contributed by atoms with E-state index in [1.54, 1.807) is 24.3 Å². The molecule has 0 saturated heterocycles. The van der Waals surface area contributed by atoms with Crippen LogP contribution in [0.25, 0.3) is 0 Å². The lowest BCUT2D eigenvalue weighted by molar-refractivity contribution is 0.623. The average Bonchev–Trinajstić information content (AvgIpc) is 2.41. The van der Waals surface area contributed by atoms with Gasteiger partial charge in [-0.25, -0.2) is 8.78 Å². The molecule has 0 saturated carbocycles. The molecule has 0 bridgehead atoms. The Morgan fingerprint density at radius 1 is 0.947 bits per heavy atom. The molecule has 19 heavy (non-hydrogen) atoms. The minimum Gasteiger partial charge on any atom is -0.312 e. The van der Waals surface area contributed by atoms with Crippen LogP contribution < -0.4 is 5.32 Å². The highest BCUT2D eigenvalue weighted by atomic mass is 35.5. The molecule has 0 aliphatic carbocycles. The highest BCUT2D eigenvalue weighted by Crippen LogP contribution is 2.15. The van der Waals surface area contributed by atoms with Gasteiger partial charge in [-0.05, 0) is 48.4 Å². The lowest BCUT2D eigenvalue weighted by atomic mass is 10.1. The first-order valence-corrected chi connectivity index (χ1v) is 6.42. The lowest BCUT2D eigenvalue weighted by Crippen LogP contribution is -2.16. The van der Waals surface area contributed by atoms with E-state index in [0.29, 0.717) is 6.54 Å². The van der Waals surface area contributed by atoms with E-state index >= 15 is 0 Å². The fourth-order valence-electron chi connectivity index (χ4n) is 1.77. The summed E-state index contributed by atoms with van der Waals surface area (Å²) in [5.41, 5.74) is 2.01.